The fourth-order valence-electron chi connectivity index (χ4n) is 1.99. The molecule has 0 saturated carbocycles. The fraction of sp³-hybridized carbons (Fsp3) is 0.400. The number of nitrogens with one attached hydrogen (secondary N) is 1. The van der Waals surface area contributed by atoms with Crippen molar-refractivity contribution in [2.45, 2.75) is 26.7 Å². The van der Waals surface area contributed by atoms with E-state index in [0.29, 0.717) is 6.42 Å². The van der Waals surface area contributed by atoms with E-state index in [0.717, 1.165) is 35.3 Å². The van der Waals surface area contributed by atoms with Crippen LogP contribution in [0.25, 0.3) is 11.0 Å². The number of Topliss-reactive ketones (excluding diaryl/α,β-unsaturated/α-hetero) is 1. The number of furan rings is 1. The van der Waals surface area contributed by atoms with Crippen LogP contribution in [-0.2, 0) is 17.6 Å². The second-order valence-electron chi connectivity index (χ2n) is 5.12. The first-order valence-electron chi connectivity index (χ1n) is 6.67. The van der Waals surface area contributed by atoms with E-state index in [-0.39, 0.29) is 11.7 Å². The lowest BCUT2D eigenvalue weighted by atomic mass is 10.0. The molecule has 5 heteroatoms. The van der Waals surface area contributed by atoms with Crippen molar-refractivity contribution >= 4 is 39.4 Å². The number of carbonyl (C=O) groups excluding carboxylic acids is 1. The van der Waals surface area contributed by atoms with Crippen LogP contribution in [0.4, 0.5) is 0 Å². The summed E-state index contributed by atoms with van der Waals surface area (Å²) in [5.41, 5.74) is 1.87. The van der Waals surface area contributed by atoms with Crippen molar-refractivity contribution < 1.29 is 9.21 Å². The summed E-state index contributed by atoms with van der Waals surface area (Å²) in [5.74, 6) is 1.27. The van der Waals surface area contributed by atoms with Crippen molar-refractivity contribution in [2.75, 3.05) is 6.54 Å². The Labute approximate surface area is 128 Å². The molecule has 0 aliphatic rings. The molecular formula is C15H19NO2S2. The van der Waals surface area contributed by atoms with E-state index in [1.807, 2.05) is 38.1 Å². The van der Waals surface area contributed by atoms with Gasteiger partial charge in [0.2, 0.25) is 0 Å². The van der Waals surface area contributed by atoms with Crippen molar-refractivity contribution in [1.29, 1.82) is 0 Å². The average Bonchev–Trinajstić information content (AvgIpc) is 2.80. The maximum Gasteiger partial charge on any atom is 0.139 e. The highest BCUT2D eigenvalue weighted by atomic mass is 33.1. The molecule has 1 heterocycles. The van der Waals surface area contributed by atoms with Crippen molar-refractivity contribution in [3.8, 4) is 0 Å². The minimum absolute atomic E-state index is 0.0719. The third kappa shape index (κ3) is 4.04. The molecule has 0 aliphatic heterocycles. The molecule has 2 aromatic rings. The number of thiol groups is 1. The number of benzene rings is 1. The van der Waals surface area contributed by atoms with Gasteiger partial charge >= 0.3 is 0 Å². The molecule has 0 saturated heterocycles. The number of carbonyl (C=O) groups is 1. The van der Waals surface area contributed by atoms with Crippen LogP contribution in [0, 0.1) is 5.92 Å². The highest BCUT2D eigenvalue weighted by molar-refractivity contribution is 8.67. The van der Waals surface area contributed by atoms with Gasteiger partial charge in [-0.2, -0.15) is 0 Å². The topological polar surface area (TPSA) is 42.2 Å². The lowest BCUT2D eigenvalue weighted by molar-refractivity contribution is -0.121. The Bertz CT molecular complexity index is 593. The molecule has 0 radical (unpaired) electrons. The second kappa shape index (κ2) is 7.20. The molecule has 0 bridgehead atoms. The molecule has 1 aromatic heterocycles. The fourth-order valence-corrected chi connectivity index (χ4v) is 2.46. The van der Waals surface area contributed by atoms with Crippen molar-refractivity contribution in [2.24, 2.45) is 5.92 Å². The Kier molecular flexibility index (Phi) is 5.57. The summed E-state index contributed by atoms with van der Waals surface area (Å²) < 4.78 is 8.88. The quantitative estimate of drug-likeness (QED) is 0.353. The van der Waals surface area contributed by atoms with E-state index >= 15 is 0 Å². The molecule has 0 fully saturated rings. The van der Waals surface area contributed by atoms with E-state index in [2.05, 4.69) is 16.4 Å². The Morgan fingerprint density at radius 1 is 1.40 bits per heavy atom. The minimum atomic E-state index is 0.0719. The highest BCUT2D eigenvalue weighted by Gasteiger charge is 2.10. The van der Waals surface area contributed by atoms with Crippen LogP contribution in [0.3, 0.4) is 0 Å². The first-order valence-corrected chi connectivity index (χ1v) is 8.54. The van der Waals surface area contributed by atoms with Crippen LogP contribution < -0.4 is 4.72 Å². The van der Waals surface area contributed by atoms with Crippen molar-refractivity contribution in [3.63, 3.8) is 0 Å². The lowest BCUT2D eigenvalue weighted by Crippen LogP contribution is -2.09. The second-order valence-corrected chi connectivity index (χ2v) is 6.14. The Morgan fingerprint density at radius 2 is 2.20 bits per heavy atom. The highest BCUT2D eigenvalue weighted by Crippen LogP contribution is 2.22. The molecule has 0 unspecified atom stereocenters. The zero-order valence-corrected chi connectivity index (χ0v) is 13.4. The largest absolute Gasteiger partial charge is 0.461 e. The zero-order valence-electron chi connectivity index (χ0n) is 11.7. The van der Waals surface area contributed by atoms with Gasteiger partial charge in [0.05, 0.1) is 0 Å². The minimum Gasteiger partial charge on any atom is -0.461 e. The first kappa shape index (κ1) is 15.5. The molecule has 0 aliphatic carbocycles. The van der Waals surface area contributed by atoms with Gasteiger partial charge in [0.15, 0.2) is 0 Å². The number of fused-ring (bicyclic) bond motifs is 1. The van der Waals surface area contributed by atoms with Crippen molar-refractivity contribution in [1.82, 2.24) is 4.72 Å². The van der Waals surface area contributed by atoms with Crippen LogP contribution in [0.1, 0.15) is 25.2 Å². The predicted octanol–water partition coefficient (Wildman–Crippen LogP) is 3.83. The van der Waals surface area contributed by atoms with Gasteiger partial charge in [-0.3, -0.25) is 9.52 Å². The average molecular weight is 309 g/mol. The maximum atomic E-state index is 11.8. The maximum absolute atomic E-state index is 11.8. The van der Waals surface area contributed by atoms with Gasteiger partial charge in [-0.25, -0.2) is 0 Å². The third-order valence-electron chi connectivity index (χ3n) is 3.20. The monoisotopic (exact) mass is 309 g/mol. The van der Waals surface area contributed by atoms with E-state index in [1.165, 1.54) is 11.0 Å². The van der Waals surface area contributed by atoms with Crippen LogP contribution in [0.5, 0.6) is 0 Å². The molecular weight excluding hydrogens is 290 g/mol. The summed E-state index contributed by atoms with van der Waals surface area (Å²) in [4.78, 5) is 11.8. The van der Waals surface area contributed by atoms with E-state index in [9.17, 15) is 4.79 Å². The van der Waals surface area contributed by atoms with Crippen LogP contribution >= 0.6 is 22.6 Å². The smallest absolute Gasteiger partial charge is 0.139 e. The molecule has 0 amide bonds. The first-order chi connectivity index (χ1) is 9.60. The van der Waals surface area contributed by atoms with Gasteiger partial charge in [-0.05, 0) is 28.7 Å². The summed E-state index contributed by atoms with van der Waals surface area (Å²) in [6.07, 6.45) is 1.30. The Hall–Kier alpha value is -0.910. The zero-order chi connectivity index (χ0) is 14.5. The van der Waals surface area contributed by atoms with E-state index in [1.54, 1.807) is 0 Å². The third-order valence-corrected chi connectivity index (χ3v) is 3.92. The SMILES string of the molecule is CC(C)C(=O)Cc1ccc2cc(CCNSS)oc2c1. The van der Waals surface area contributed by atoms with Gasteiger partial charge in [-0.1, -0.05) is 37.6 Å². The molecule has 0 atom stereocenters. The molecule has 3 nitrogen and oxygen atoms in total. The van der Waals surface area contributed by atoms with Gasteiger partial charge < -0.3 is 4.42 Å². The molecule has 1 aromatic carbocycles. The van der Waals surface area contributed by atoms with Gasteiger partial charge in [0.25, 0.3) is 0 Å². The predicted molar refractivity (Wildman–Crippen MR) is 88.0 cm³/mol. The number of ketones is 1. The Morgan fingerprint density at radius 3 is 2.90 bits per heavy atom. The van der Waals surface area contributed by atoms with Crippen LogP contribution in [0.15, 0.2) is 28.7 Å². The number of hydrogen-bond donors (Lipinski definition) is 2. The summed E-state index contributed by atoms with van der Waals surface area (Å²) in [7, 11) is 1.30. The molecule has 20 heavy (non-hydrogen) atoms. The molecule has 2 rings (SSSR count). The standard InChI is InChI=1S/C15H19NO2S2/c1-10(2)14(17)7-11-3-4-12-9-13(5-6-16-20-19)18-15(12)8-11/h3-4,8-10,16,19H,5-7H2,1-2H3. The van der Waals surface area contributed by atoms with E-state index in [4.69, 9.17) is 4.42 Å². The van der Waals surface area contributed by atoms with Crippen LogP contribution in [-0.4, -0.2) is 12.3 Å². The Balaban J connectivity index is 2.11. The number of rotatable bonds is 7. The molecule has 0 spiro atoms. The van der Waals surface area contributed by atoms with Gasteiger partial charge in [-0.15, -0.1) is 0 Å². The van der Waals surface area contributed by atoms with Gasteiger partial charge in [0, 0.05) is 30.7 Å². The summed E-state index contributed by atoms with van der Waals surface area (Å²) in [6.45, 7) is 4.67. The number of hydrogen-bond acceptors (Lipinski definition) is 5. The van der Waals surface area contributed by atoms with Crippen molar-refractivity contribution in [3.05, 3.63) is 35.6 Å². The normalized spacial score (nSPS) is 11.4. The summed E-state index contributed by atoms with van der Waals surface area (Å²) in [6, 6.07) is 8.05. The van der Waals surface area contributed by atoms with Crippen LogP contribution in [0.2, 0.25) is 0 Å². The molecule has 108 valence electrons. The van der Waals surface area contributed by atoms with E-state index < -0.39 is 0 Å². The lowest BCUT2D eigenvalue weighted by Gasteiger charge is -2.03. The summed E-state index contributed by atoms with van der Waals surface area (Å²) in [5, 5.41) is 1.08. The molecule has 1 N–H and O–H groups in total. The summed E-state index contributed by atoms with van der Waals surface area (Å²) >= 11 is 4.02. The van der Waals surface area contributed by atoms with Gasteiger partial charge in [0.1, 0.15) is 17.1 Å².